The van der Waals surface area contributed by atoms with Crippen molar-refractivity contribution in [1.29, 1.82) is 0 Å². The topological polar surface area (TPSA) is 67.4 Å². The zero-order valence-corrected chi connectivity index (χ0v) is 12.1. The van der Waals surface area contributed by atoms with E-state index in [4.69, 9.17) is 4.74 Å². The summed E-state index contributed by atoms with van der Waals surface area (Å²) in [7, 11) is 0. The molecule has 0 saturated carbocycles. The van der Waals surface area contributed by atoms with Crippen LogP contribution in [0.4, 0.5) is 0 Å². The molecule has 0 saturated heterocycles. The minimum Gasteiger partial charge on any atom is -0.493 e. The molecule has 0 aromatic heterocycles. The number of ether oxygens (including phenoxy) is 1. The first kappa shape index (κ1) is 15.1. The molecular formula is C16H20N2O3. The highest BCUT2D eigenvalue weighted by molar-refractivity contribution is 5.89. The first-order chi connectivity index (χ1) is 10.1. The Morgan fingerprint density at radius 1 is 1.33 bits per heavy atom. The Morgan fingerprint density at radius 2 is 2.05 bits per heavy atom. The van der Waals surface area contributed by atoms with Gasteiger partial charge in [-0.25, -0.2) is 0 Å². The zero-order valence-electron chi connectivity index (χ0n) is 12.1. The van der Waals surface area contributed by atoms with E-state index >= 15 is 0 Å². The van der Waals surface area contributed by atoms with E-state index in [1.54, 1.807) is 0 Å². The van der Waals surface area contributed by atoms with Gasteiger partial charge in [0.05, 0.1) is 12.0 Å². The van der Waals surface area contributed by atoms with Gasteiger partial charge in [-0.2, -0.15) is 0 Å². The number of nitrogens with one attached hydrogen (secondary N) is 2. The summed E-state index contributed by atoms with van der Waals surface area (Å²) in [5.74, 6) is 0.472. The Hall–Kier alpha value is -2.30. The van der Waals surface area contributed by atoms with Crippen LogP contribution in [0.5, 0.6) is 5.75 Å². The molecule has 1 aromatic rings. The summed E-state index contributed by atoms with van der Waals surface area (Å²) in [4.78, 5) is 23.5. The second-order valence-corrected chi connectivity index (χ2v) is 5.18. The Labute approximate surface area is 124 Å². The van der Waals surface area contributed by atoms with E-state index in [0.29, 0.717) is 26.1 Å². The molecule has 0 fully saturated rings. The summed E-state index contributed by atoms with van der Waals surface area (Å²) in [6, 6.07) is 7.61. The number of carbonyl (C=O) groups is 2. The van der Waals surface area contributed by atoms with Crippen LogP contribution in [0.3, 0.4) is 0 Å². The van der Waals surface area contributed by atoms with Crippen molar-refractivity contribution < 1.29 is 14.3 Å². The molecule has 0 radical (unpaired) electrons. The highest BCUT2D eigenvalue weighted by atomic mass is 16.5. The van der Waals surface area contributed by atoms with Gasteiger partial charge in [0, 0.05) is 18.7 Å². The molecule has 1 heterocycles. The lowest BCUT2D eigenvalue weighted by Crippen LogP contribution is -2.47. The first-order valence-electron chi connectivity index (χ1n) is 6.99. The average Bonchev–Trinajstić information content (AvgIpc) is 2.51. The first-order valence-corrected chi connectivity index (χ1v) is 6.99. The van der Waals surface area contributed by atoms with Gasteiger partial charge in [-0.3, -0.25) is 9.59 Å². The van der Waals surface area contributed by atoms with Crippen molar-refractivity contribution in [2.75, 3.05) is 19.7 Å². The van der Waals surface area contributed by atoms with Crippen LogP contribution in [-0.4, -0.2) is 31.5 Å². The van der Waals surface area contributed by atoms with Crippen LogP contribution in [0.2, 0.25) is 0 Å². The van der Waals surface area contributed by atoms with Crippen LogP contribution < -0.4 is 15.4 Å². The lowest BCUT2D eigenvalue weighted by Gasteiger charge is -2.34. The number of carbonyl (C=O) groups excluding carboxylic acids is 2. The van der Waals surface area contributed by atoms with E-state index in [-0.39, 0.29) is 11.8 Å². The summed E-state index contributed by atoms with van der Waals surface area (Å²) in [5.41, 5.74) is 0.306. The van der Waals surface area contributed by atoms with Gasteiger partial charge in [-0.15, -0.1) is 0 Å². The number of amides is 2. The summed E-state index contributed by atoms with van der Waals surface area (Å²) in [6.07, 6.45) is 1.84. The summed E-state index contributed by atoms with van der Waals surface area (Å²) < 4.78 is 5.59. The number of fused-ring (bicyclic) bond motifs is 1. The van der Waals surface area contributed by atoms with Crippen molar-refractivity contribution >= 4 is 11.8 Å². The van der Waals surface area contributed by atoms with Gasteiger partial charge in [0.25, 0.3) is 0 Å². The fourth-order valence-corrected chi connectivity index (χ4v) is 2.41. The largest absolute Gasteiger partial charge is 0.493 e. The third-order valence-corrected chi connectivity index (χ3v) is 3.74. The van der Waals surface area contributed by atoms with E-state index in [0.717, 1.165) is 11.3 Å². The molecule has 2 N–H and O–H groups in total. The number of hydrogen-bond acceptors (Lipinski definition) is 3. The molecular weight excluding hydrogens is 268 g/mol. The quantitative estimate of drug-likeness (QED) is 0.631. The second-order valence-electron chi connectivity index (χ2n) is 5.18. The fraction of sp³-hybridized carbons (Fsp3) is 0.375. The van der Waals surface area contributed by atoms with Gasteiger partial charge in [0.2, 0.25) is 11.8 Å². The van der Waals surface area contributed by atoms with Gasteiger partial charge in [-0.05, 0) is 25.5 Å². The van der Waals surface area contributed by atoms with E-state index in [2.05, 4.69) is 17.2 Å². The van der Waals surface area contributed by atoms with Crippen LogP contribution in [0.25, 0.3) is 0 Å². The molecule has 5 heteroatoms. The molecule has 5 nitrogen and oxygen atoms in total. The predicted molar refractivity (Wildman–Crippen MR) is 80.1 cm³/mol. The van der Waals surface area contributed by atoms with Crippen LogP contribution in [0.15, 0.2) is 36.9 Å². The van der Waals surface area contributed by atoms with E-state index < -0.39 is 5.41 Å². The van der Waals surface area contributed by atoms with Gasteiger partial charge < -0.3 is 15.4 Å². The molecule has 0 aliphatic carbocycles. The smallest absolute Gasteiger partial charge is 0.243 e. The number of para-hydroxylation sites is 1. The molecule has 0 bridgehead atoms. The average molecular weight is 288 g/mol. The third kappa shape index (κ3) is 3.24. The van der Waals surface area contributed by atoms with Crippen molar-refractivity contribution in [3.63, 3.8) is 0 Å². The fourth-order valence-electron chi connectivity index (χ4n) is 2.41. The maximum absolute atomic E-state index is 12.5. The Kier molecular flexibility index (Phi) is 4.62. The maximum Gasteiger partial charge on any atom is 0.243 e. The molecule has 21 heavy (non-hydrogen) atoms. The molecule has 112 valence electrons. The van der Waals surface area contributed by atoms with Crippen molar-refractivity contribution in [3.05, 3.63) is 42.5 Å². The van der Waals surface area contributed by atoms with Crippen molar-refractivity contribution in [3.8, 4) is 5.75 Å². The minimum atomic E-state index is -0.600. The van der Waals surface area contributed by atoms with E-state index in [1.807, 2.05) is 31.2 Å². The van der Waals surface area contributed by atoms with Crippen LogP contribution in [-0.2, 0) is 15.0 Å². The van der Waals surface area contributed by atoms with Crippen molar-refractivity contribution in [2.45, 2.75) is 18.8 Å². The normalized spacial score (nSPS) is 19.9. The molecule has 0 spiro atoms. The highest BCUT2D eigenvalue weighted by Gasteiger charge is 2.39. The van der Waals surface area contributed by atoms with Crippen LogP contribution >= 0.6 is 0 Å². The monoisotopic (exact) mass is 288 g/mol. The Bertz CT molecular complexity index is 556. The predicted octanol–water partition coefficient (Wildman–Crippen LogP) is 1.15. The van der Waals surface area contributed by atoms with E-state index in [9.17, 15) is 9.59 Å². The molecule has 2 rings (SSSR count). The third-order valence-electron chi connectivity index (χ3n) is 3.74. The number of hydrogen-bond donors (Lipinski definition) is 2. The van der Waals surface area contributed by atoms with Gasteiger partial charge in [0.1, 0.15) is 5.75 Å². The minimum absolute atomic E-state index is 0.0499. The summed E-state index contributed by atoms with van der Waals surface area (Å²) in [5, 5.41) is 5.50. The Balaban J connectivity index is 1.99. The van der Waals surface area contributed by atoms with Crippen LogP contribution in [0.1, 0.15) is 18.9 Å². The summed E-state index contributed by atoms with van der Waals surface area (Å²) in [6.45, 7) is 6.58. The van der Waals surface area contributed by atoms with Gasteiger partial charge >= 0.3 is 0 Å². The second kappa shape index (κ2) is 6.43. The molecule has 1 aliphatic heterocycles. The van der Waals surface area contributed by atoms with Gasteiger partial charge in [0.15, 0.2) is 0 Å². The molecule has 1 unspecified atom stereocenters. The van der Waals surface area contributed by atoms with E-state index in [1.165, 1.54) is 6.08 Å². The molecule has 2 amide bonds. The Morgan fingerprint density at radius 3 is 2.81 bits per heavy atom. The number of benzene rings is 1. The molecule has 1 aromatic carbocycles. The molecule has 1 atom stereocenters. The number of rotatable bonds is 5. The van der Waals surface area contributed by atoms with Crippen molar-refractivity contribution in [2.24, 2.45) is 0 Å². The summed E-state index contributed by atoms with van der Waals surface area (Å²) >= 11 is 0. The van der Waals surface area contributed by atoms with Crippen LogP contribution in [0, 0.1) is 0 Å². The van der Waals surface area contributed by atoms with Crippen molar-refractivity contribution in [1.82, 2.24) is 10.6 Å². The molecule has 1 aliphatic rings. The standard InChI is InChI=1S/C16H20N2O3/c1-3-14(19)17-9-10-18-15(20)16(2)8-11-21-13-7-5-4-6-12(13)16/h3-7H,1,8-11H2,2H3,(H,17,19)(H,18,20). The lowest BCUT2D eigenvalue weighted by molar-refractivity contribution is -0.127. The maximum atomic E-state index is 12.5. The lowest BCUT2D eigenvalue weighted by atomic mass is 9.77. The zero-order chi connectivity index (χ0) is 15.3. The highest BCUT2D eigenvalue weighted by Crippen LogP contribution is 2.38. The van der Waals surface area contributed by atoms with Gasteiger partial charge in [-0.1, -0.05) is 24.8 Å². The SMILES string of the molecule is C=CC(=O)NCCNC(=O)C1(C)CCOc2ccccc21.